The minimum atomic E-state index is -0.233. The van der Waals surface area contributed by atoms with Gasteiger partial charge in [0.1, 0.15) is 5.82 Å². The van der Waals surface area contributed by atoms with Crippen molar-refractivity contribution in [2.45, 2.75) is 6.92 Å². The van der Waals surface area contributed by atoms with E-state index in [1.165, 1.54) is 10.7 Å². The number of aromatic nitrogens is 1. The van der Waals surface area contributed by atoms with Crippen LogP contribution in [0.25, 0.3) is 0 Å². The molecule has 1 aliphatic heterocycles. The number of nitrogen functional groups attached to an aromatic ring is 1. The summed E-state index contributed by atoms with van der Waals surface area (Å²) in [5.41, 5.74) is 8.51. The molecule has 3 rings (SSSR count). The molecule has 0 aliphatic carbocycles. The SMILES string of the molecule is Cc1cc(N)n(/N=C\c2ccc(N3CCOCC3)cc2)c(=O)c1. The molecule has 1 aromatic heterocycles. The van der Waals surface area contributed by atoms with E-state index in [0.29, 0.717) is 5.82 Å². The summed E-state index contributed by atoms with van der Waals surface area (Å²) in [7, 11) is 0. The summed E-state index contributed by atoms with van der Waals surface area (Å²) >= 11 is 0. The Bertz CT molecular complexity index is 759. The predicted molar refractivity (Wildman–Crippen MR) is 92.3 cm³/mol. The molecule has 2 heterocycles. The number of nitrogens with zero attached hydrogens (tertiary/aromatic N) is 3. The molecular weight excluding hydrogens is 292 g/mol. The first-order valence-corrected chi connectivity index (χ1v) is 7.60. The summed E-state index contributed by atoms with van der Waals surface area (Å²) in [4.78, 5) is 14.2. The highest BCUT2D eigenvalue weighted by Gasteiger charge is 2.10. The first kappa shape index (κ1) is 15.3. The lowest BCUT2D eigenvalue weighted by molar-refractivity contribution is 0.122. The van der Waals surface area contributed by atoms with Gasteiger partial charge >= 0.3 is 0 Å². The van der Waals surface area contributed by atoms with Crippen molar-refractivity contribution < 1.29 is 4.74 Å². The van der Waals surface area contributed by atoms with Gasteiger partial charge in [-0.1, -0.05) is 12.1 Å². The van der Waals surface area contributed by atoms with Crippen LogP contribution >= 0.6 is 0 Å². The fourth-order valence-electron chi connectivity index (χ4n) is 2.56. The van der Waals surface area contributed by atoms with Gasteiger partial charge in [0, 0.05) is 24.8 Å². The standard InChI is InChI=1S/C17H20N4O2/c1-13-10-16(18)21(17(22)11-13)19-12-14-2-4-15(5-3-14)20-6-8-23-9-7-20/h2-5,10-12H,6-9,18H2,1H3/b19-12-. The lowest BCUT2D eigenvalue weighted by atomic mass is 10.2. The zero-order chi connectivity index (χ0) is 16.2. The van der Waals surface area contributed by atoms with E-state index in [0.717, 1.165) is 43.1 Å². The molecular formula is C17H20N4O2. The Morgan fingerprint density at radius 1 is 1.17 bits per heavy atom. The van der Waals surface area contributed by atoms with Crippen LogP contribution in [0.4, 0.5) is 11.5 Å². The Kier molecular flexibility index (Phi) is 4.43. The number of nitrogens with two attached hydrogens (primary N) is 1. The second-order valence-corrected chi connectivity index (χ2v) is 5.54. The summed E-state index contributed by atoms with van der Waals surface area (Å²) < 4.78 is 6.55. The highest BCUT2D eigenvalue weighted by atomic mass is 16.5. The summed E-state index contributed by atoms with van der Waals surface area (Å²) in [6, 6.07) is 11.3. The van der Waals surface area contributed by atoms with Gasteiger partial charge < -0.3 is 15.4 Å². The molecule has 6 heteroatoms. The molecule has 0 bridgehead atoms. The van der Waals surface area contributed by atoms with Crippen LogP contribution in [-0.2, 0) is 4.74 Å². The Hall–Kier alpha value is -2.60. The van der Waals surface area contributed by atoms with E-state index in [-0.39, 0.29) is 5.56 Å². The first-order valence-electron chi connectivity index (χ1n) is 7.60. The fourth-order valence-corrected chi connectivity index (χ4v) is 2.56. The maximum atomic E-state index is 11.9. The quantitative estimate of drug-likeness (QED) is 0.871. The van der Waals surface area contributed by atoms with Gasteiger partial charge in [-0.3, -0.25) is 4.79 Å². The monoisotopic (exact) mass is 312 g/mol. The second-order valence-electron chi connectivity index (χ2n) is 5.54. The predicted octanol–water partition coefficient (Wildman–Crippen LogP) is 1.46. The minimum absolute atomic E-state index is 0.233. The van der Waals surface area contributed by atoms with Crippen molar-refractivity contribution in [3.63, 3.8) is 0 Å². The molecule has 0 saturated carbocycles. The van der Waals surface area contributed by atoms with Crippen LogP contribution in [-0.4, -0.2) is 37.2 Å². The first-order chi connectivity index (χ1) is 11.1. The molecule has 0 spiro atoms. The molecule has 1 fully saturated rings. The number of benzene rings is 1. The van der Waals surface area contributed by atoms with E-state index in [9.17, 15) is 4.79 Å². The van der Waals surface area contributed by atoms with E-state index in [4.69, 9.17) is 10.5 Å². The summed E-state index contributed by atoms with van der Waals surface area (Å²) in [6.07, 6.45) is 1.64. The Morgan fingerprint density at radius 2 is 1.87 bits per heavy atom. The van der Waals surface area contributed by atoms with Crippen molar-refractivity contribution in [2.24, 2.45) is 5.10 Å². The second kappa shape index (κ2) is 6.66. The Labute approximate surface area is 134 Å². The molecule has 6 nitrogen and oxygen atoms in total. The summed E-state index contributed by atoms with van der Waals surface area (Å²) in [6.45, 7) is 5.17. The average molecular weight is 312 g/mol. The number of hydrogen-bond acceptors (Lipinski definition) is 5. The third kappa shape index (κ3) is 3.60. The van der Waals surface area contributed by atoms with Crippen LogP contribution < -0.4 is 16.2 Å². The number of aryl methyl sites for hydroxylation is 1. The van der Waals surface area contributed by atoms with Crippen LogP contribution in [0.15, 0.2) is 46.3 Å². The Morgan fingerprint density at radius 3 is 2.52 bits per heavy atom. The lowest BCUT2D eigenvalue weighted by Gasteiger charge is -2.28. The maximum Gasteiger partial charge on any atom is 0.273 e. The van der Waals surface area contributed by atoms with Crippen molar-refractivity contribution in [3.05, 3.63) is 57.9 Å². The molecule has 2 aromatic rings. The average Bonchev–Trinajstić information content (AvgIpc) is 2.55. The van der Waals surface area contributed by atoms with Gasteiger partial charge in [0.25, 0.3) is 5.56 Å². The van der Waals surface area contributed by atoms with Crippen LogP contribution in [0.5, 0.6) is 0 Å². The maximum absolute atomic E-state index is 11.9. The van der Waals surface area contributed by atoms with Crippen LogP contribution in [0.2, 0.25) is 0 Å². The minimum Gasteiger partial charge on any atom is -0.384 e. The van der Waals surface area contributed by atoms with Crippen LogP contribution in [0.3, 0.4) is 0 Å². The van der Waals surface area contributed by atoms with E-state index >= 15 is 0 Å². The van der Waals surface area contributed by atoms with Crippen molar-refractivity contribution >= 4 is 17.7 Å². The Balaban J connectivity index is 1.77. The van der Waals surface area contributed by atoms with Crippen LogP contribution in [0, 0.1) is 6.92 Å². The van der Waals surface area contributed by atoms with Gasteiger partial charge in [-0.05, 0) is 36.2 Å². The van der Waals surface area contributed by atoms with Crippen molar-refractivity contribution in [3.8, 4) is 0 Å². The summed E-state index contributed by atoms with van der Waals surface area (Å²) in [5.74, 6) is 0.330. The number of rotatable bonds is 3. The lowest BCUT2D eigenvalue weighted by Crippen LogP contribution is -2.36. The number of morpholine rings is 1. The van der Waals surface area contributed by atoms with Gasteiger partial charge in [-0.15, -0.1) is 0 Å². The zero-order valence-corrected chi connectivity index (χ0v) is 13.1. The third-order valence-electron chi connectivity index (χ3n) is 3.77. The van der Waals surface area contributed by atoms with Gasteiger partial charge in [0.2, 0.25) is 0 Å². The zero-order valence-electron chi connectivity index (χ0n) is 13.1. The molecule has 1 aliphatic rings. The molecule has 23 heavy (non-hydrogen) atoms. The summed E-state index contributed by atoms with van der Waals surface area (Å²) in [5, 5.41) is 4.18. The number of ether oxygens (including phenoxy) is 1. The smallest absolute Gasteiger partial charge is 0.273 e. The number of anilines is 2. The van der Waals surface area contributed by atoms with Crippen molar-refractivity contribution in [1.29, 1.82) is 0 Å². The molecule has 0 radical (unpaired) electrons. The molecule has 0 atom stereocenters. The van der Waals surface area contributed by atoms with E-state index in [1.807, 2.05) is 31.2 Å². The van der Waals surface area contributed by atoms with Gasteiger partial charge in [0.15, 0.2) is 0 Å². The molecule has 0 unspecified atom stereocenters. The van der Waals surface area contributed by atoms with Gasteiger partial charge in [-0.2, -0.15) is 9.78 Å². The van der Waals surface area contributed by atoms with Gasteiger partial charge in [0.05, 0.1) is 19.4 Å². The van der Waals surface area contributed by atoms with E-state index < -0.39 is 0 Å². The molecule has 1 saturated heterocycles. The highest BCUT2D eigenvalue weighted by Crippen LogP contribution is 2.16. The molecule has 2 N–H and O–H groups in total. The highest BCUT2D eigenvalue weighted by molar-refractivity contribution is 5.80. The molecule has 0 amide bonds. The molecule has 1 aromatic carbocycles. The van der Waals surface area contributed by atoms with Gasteiger partial charge in [-0.25, -0.2) is 0 Å². The van der Waals surface area contributed by atoms with Crippen LogP contribution in [0.1, 0.15) is 11.1 Å². The van der Waals surface area contributed by atoms with E-state index in [2.05, 4.69) is 10.0 Å². The largest absolute Gasteiger partial charge is 0.384 e. The fraction of sp³-hybridized carbons (Fsp3) is 0.294. The van der Waals surface area contributed by atoms with Crippen molar-refractivity contribution in [1.82, 2.24) is 4.68 Å². The number of pyridine rings is 1. The normalized spacial score (nSPS) is 15.3. The third-order valence-corrected chi connectivity index (χ3v) is 3.77. The molecule has 120 valence electrons. The van der Waals surface area contributed by atoms with Crippen molar-refractivity contribution in [2.75, 3.05) is 36.9 Å². The topological polar surface area (TPSA) is 72.8 Å². The van der Waals surface area contributed by atoms with E-state index in [1.54, 1.807) is 12.3 Å². The number of hydrogen-bond donors (Lipinski definition) is 1.